The van der Waals surface area contributed by atoms with E-state index in [1.54, 1.807) is 46.9 Å². The van der Waals surface area contributed by atoms with Crippen molar-refractivity contribution in [2.75, 3.05) is 29.4 Å². The van der Waals surface area contributed by atoms with E-state index >= 15 is 0 Å². The Morgan fingerprint density at radius 2 is 1.50 bits per heavy atom. The third-order valence-electron chi connectivity index (χ3n) is 11.1. The number of methoxy groups -OCH3 is 1. The molecule has 0 spiro atoms. The number of sulfonamides is 1. The molecule has 1 aromatic heterocycles. The number of rotatable bonds is 30. The lowest BCUT2D eigenvalue weighted by Gasteiger charge is -2.27. The molecule has 0 fully saturated rings. The Labute approximate surface area is 410 Å². The van der Waals surface area contributed by atoms with Crippen molar-refractivity contribution in [2.45, 2.75) is 149 Å². The number of nitro benzene ring substituents is 1. The number of ketones is 1. The summed E-state index contributed by atoms with van der Waals surface area (Å²) in [6.45, 7) is 8.95. The zero-order chi connectivity index (χ0) is 49.7. The molecule has 0 aliphatic rings. The highest BCUT2D eigenvalue weighted by molar-refractivity contribution is 8.13. The van der Waals surface area contributed by atoms with Crippen LogP contribution < -0.4 is 19.5 Å². The van der Waals surface area contributed by atoms with Gasteiger partial charge in [-0.3, -0.25) is 29.2 Å². The summed E-state index contributed by atoms with van der Waals surface area (Å²) in [5, 5.41) is 26.1. The van der Waals surface area contributed by atoms with Gasteiger partial charge in [0.1, 0.15) is 11.5 Å². The number of carbonyl (C=O) groups excluding carboxylic acids is 3. The molecular formula is C48H67ClN8O9S2. The summed E-state index contributed by atoms with van der Waals surface area (Å²) in [7, 11) is -2.18. The average Bonchev–Trinajstić information content (AvgIpc) is 3.73. The number of carbonyl (C=O) groups is 3. The molecule has 0 aliphatic heterocycles. The first-order chi connectivity index (χ1) is 32.4. The maximum Gasteiger partial charge on any atom is 0.289 e. The van der Waals surface area contributed by atoms with Gasteiger partial charge < -0.3 is 19.7 Å². The van der Waals surface area contributed by atoms with Crippen LogP contribution in [0.3, 0.4) is 0 Å². The van der Waals surface area contributed by atoms with E-state index in [9.17, 15) is 32.9 Å². The number of aromatic nitrogens is 4. The molecule has 372 valence electrons. The molecule has 20 heteroatoms. The van der Waals surface area contributed by atoms with Crippen molar-refractivity contribution in [2.24, 2.45) is 5.41 Å². The van der Waals surface area contributed by atoms with E-state index in [-0.39, 0.29) is 63.9 Å². The van der Waals surface area contributed by atoms with Gasteiger partial charge in [-0.1, -0.05) is 135 Å². The minimum absolute atomic E-state index is 0.0155. The minimum atomic E-state index is -3.74. The predicted molar refractivity (Wildman–Crippen MR) is 267 cm³/mol. The molecule has 1 heterocycles. The van der Waals surface area contributed by atoms with Crippen LogP contribution in [0, 0.1) is 15.5 Å². The Bertz CT molecular complexity index is 2380. The third kappa shape index (κ3) is 18.3. The SMILES string of the molecule is CCCCCCCCCCCCCCCCS(=O)(=O)Nc1ccc(Cl)c(NC(=O)C(Oc2ccc([N+](=O)[O-])cc2CN(CC)C(=O)Sc2nnnn2Cc2ccc(OC)cc2)C(=O)C(C)(C)C)c1. The molecule has 0 saturated carbocycles. The fourth-order valence-electron chi connectivity index (χ4n) is 7.19. The van der Waals surface area contributed by atoms with Gasteiger partial charge in [-0.05, 0) is 65.7 Å². The summed E-state index contributed by atoms with van der Waals surface area (Å²) < 4.78 is 41.6. The second-order valence-electron chi connectivity index (χ2n) is 17.7. The molecule has 0 aliphatic carbocycles. The lowest BCUT2D eigenvalue weighted by Crippen LogP contribution is -2.45. The third-order valence-corrected chi connectivity index (χ3v) is 13.8. The highest BCUT2D eigenvalue weighted by Gasteiger charge is 2.38. The van der Waals surface area contributed by atoms with Gasteiger partial charge in [-0.25, -0.2) is 13.1 Å². The zero-order valence-electron chi connectivity index (χ0n) is 40.1. The smallest absolute Gasteiger partial charge is 0.289 e. The quantitative estimate of drug-likeness (QED) is 0.0163. The Balaban J connectivity index is 1.41. The maximum absolute atomic E-state index is 14.1. The second kappa shape index (κ2) is 27.7. The number of thioether (sulfide) groups is 1. The number of hydrogen-bond donors (Lipinski definition) is 2. The van der Waals surface area contributed by atoms with Crippen LogP contribution in [0.1, 0.15) is 136 Å². The fourth-order valence-corrected chi connectivity index (χ4v) is 9.29. The number of tetrazole rings is 1. The summed E-state index contributed by atoms with van der Waals surface area (Å²) >= 11 is 7.25. The molecule has 1 atom stereocenters. The Morgan fingerprint density at radius 3 is 2.07 bits per heavy atom. The summed E-state index contributed by atoms with van der Waals surface area (Å²) in [6.07, 6.45) is 14.3. The first-order valence-electron chi connectivity index (χ1n) is 23.4. The van der Waals surface area contributed by atoms with E-state index in [1.807, 2.05) is 12.1 Å². The number of nitrogens with one attached hydrogen (secondary N) is 2. The largest absolute Gasteiger partial charge is 0.497 e. The van der Waals surface area contributed by atoms with E-state index in [1.165, 1.54) is 104 Å². The van der Waals surface area contributed by atoms with Crippen LogP contribution in [0.2, 0.25) is 5.02 Å². The molecule has 0 saturated heterocycles. The molecular weight excluding hydrogens is 932 g/mol. The number of halogens is 1. The first kappa shape index (κ1) is 55.3. The lowest BCUT2D eigenvalue weighted by atomic mass is 9.87. The van der Waals surface area contributed by atoms with Crippen LogP contribution in [-0.4, -0.2) is 80.9 Å². The number of ether oxygens (including phenoxy) is 2. The molecule has 1 unspecified atom stereocenters. The van der Waals surface area contributed by atoms with E-state index in [4.69, 9.17) is 21.1 Å². The summed E-state index contributed by atoms with van der Waals surface area (Å²) in [5.74, 6) is -1.03. The molecule has 17 nitrogen and oxygen atoms in total. The lowest BCUT2D eigenvalue weighted by molar-refractivity contribution is -0.385. The van der Waals surface area contributed by atoms with Gasteiger partial charge >= 0.3 is 0 Å². The van der Waals surface area contributed by atoms with Crippen LogP contribution in [0.15, 0.2) is 65.8 Å². The van der Waals surface area contributed by atoms with E-state index in [2.05, 4.69) is 32.5 Å². The number of unbranched alkanes of at least 4 members (excludes halogenated alkanes) is 13. The zero-order valence-corrected chi connectivity index (χ0v) is 42.5. The van der Waals surface area contributed by atoms with Gasteiger partial charge in [0.05, 0.1) is 47.3 Å². The van der Waals surface area contributed by atoms with Crippen LogP contribution in [0.5, 0.6) is 11.5 Å². The molecule has 2 N–H and O–H groups in total. The van der Waals surface area contributed by atoms with Gasteiger partial charge in [0.15, 0.2) is 5.78 Å². The van der Waals surface area contributed by atoms with Gasteiger partial charge in [-0.15, -0.1) is 5.10 Å². The van der Waals surface area contributed by atoms with E-state index < -0.39 is 43.4 Å². The summed E-state index contributed by atoms with van der Waals surface area (Å²) in [6, 6.07) is 15.2. The van der Waals surface area contributed by atoms with Gasteiger partial charge in [-0.2, -0.15) is 0 Å². The van der Waals surface area contributed by atoms with E-state index in [0.717, 1.165) is 43.0 Å². The number of nitro groups is 1. The van der Waals surface area contributed by atoms with Crippen molar-refractivity contribution in [3.63, 3.8) is 0 Å². The Kier molecular flexibility index (Phi) is 22.5. The second-order valence-corrected chi connectivity index (χ2v) is 20.9. The molecule has 2 amide bonds. The average molecular weight is 1000 g/mol. The molecule has 0 bridgehead atoms. The van der Waals surface area contributed by atoms with Crippen molar-refractivity contribution in [1.29, 1.82) is 0 Å². The number of non-ortho nitro benzene ring substituents is 1. The Hall–Kier alpha value is -5.27. The van der Waals surface area contributed by atoms with Crippen molar-refractivity contribution < 1.29 is 37.2 Å². The van der Waals surface area contributed by atoms with Gasteiger partial charge in [0.2, 0.25) is 21.3 Å². The van der Waals surface area contributed by atoms with Crippen molar-refractivity contribution >= 4 is 67.4 Å². The summed E-state index contributed by atoms with van der Waals surface area (Å²) in [5.41, 5.74) is -0.265. The minimum Gasteiger partial charge on any atom is -0.497 e. The van der Waals surface area contributed by atoms with Crippen LogP contribution in [0.25, 0.3) is 0 Å². The number of Topliss-reactive ketones (excluding diaryl/α,β-unsaturated/α-hetero) is 1. The first-order valence-corrected chi connectivity index (χ1v) is 26.2. The van der Waals surface area contributed by atoms with Crippen LogP contribution in [-0.2, 0) is 32.7 Å². The van der Waals surface area contributed by atoms with Gasteiger partial charge in [0.25, 0.3) is 16.8 Å². The number of hydrogen-bond acceptors (Lipinski definition) is 13. The normalized spacial score (nSPS) is 12.0. The van der Waals surface area contributed by atoms with Crippen molar-refractivity contribution in [3.8, 4) is 11.5 Å². The van der Waals surface area contributed by atoms with E-state index in [0.29, 0.717) is 12.2 Å². The van der Waals surface area contributed by atoms with Crippen molar-refractivity contribution in [1.82, 2.24) is 25.1 Å². The molecule has 4 rings (SSSR count). The molecule has 0 radical (unpaired) electrons. The van der Waals surface area contributed by atoms with Crippen LogP contribution >= 0.6 is 23.4 Å². The van der Waals surface area contributed by atoms with Gasteiger partial charge in [0, 0.05) is 41.4 Å². The standard InChI is InChI=1S/C48H67ClN8O9S2/c1-7-9-10-11-12-13-14-15-16-17-18-19-20-21-30-68(63,64)52-37-24-28-40(49)41(32-37)50-45(59)43(44(58)48(3,4)5)66-42-29-25-38(57(61)62)31-36(42)34-55(8-2)47(60)67-46-51-53-54-56(46)33-35-22-26-39(65-6)27-23-35/h22-29,31-32,43,52H,7-21,30,33-34H2,1-6H3,(H,50,59). The molecule has 4 aromatic rings. The Morgan fingerprint density at radius 1 is 0.882 bits per heavy atom. The number of nitrogens with zero attached hydrogens (tertiary/aromatic N) is 6. The monoisotopic (exact) mass is 998 g/mol. The number of benzene rings is 3. The number of amides is 2. The highest BCUT2D eigenvalue weighted by Crippen LogP contribution is 2.32. The molecule has 68 heavy (non-hydrogen) atoms. The number of anilines is 2. The highest BCUT2D eigenvalue weighted by atomic mass is 35.5. The topological polar surface area (TPSA) is 218 Å². The predicted octanol–water partition coefficient (Wildman–Crippen LogP) is 11.3. The maximum atomic E-state index is 14.1. The van der Waals surface area contributed by atoms with Crippen molar-refractivity contribution in [3.05, 3.63) is 86.9 Å². The fraction of sp³-hybridized carbons (Fsp3) is 0.542. The molecule has 3 aromatic carbocycles. The summed E-state index contributed by atoms with van der Waals surface area (Å²) in [4.78, 5) is 54.5. The van der Waals surface area contributed by atoms with Crippen LogP contribution in [0.4, 0.5) is 21.9 Å².